The molecule has 2 atom stereocenters. The van der Waals surface area contributed by atoms with Gasteiger partial charge in [-0.15, -0.1) is 0 Å². The molecule has 14 heavy (non-hydrogen) atoms. The molecule has 1 heteroatoms. The van der Waals surface area contributed by atoms with Crippen LogP contribution in [-0.4, -0.2) is 0 Å². The first-order chi connectivity index (χ1) is 6.74. The van der Waals surface area contributed by atoms with E-state index in [9.17, 15) is 5.26 Å². The number of hydrogen-bond acceptors (Lipinski definition) is 1. The minimum atomic E-state index is 0.0778. The third-order valence-electron chi connectivity index (χ3n) is 4.25. The van der Waals surface area contributed by atoms with Crippen molar-refractivity contribution in [1.29, 1.82) is 5.26 Å². The minimum Gasteiger partial charge on any atom is -0.198 e. The summed E-state index contributed by atoms with van der Waals surface area (Å²) in [5.74, 6) is 1.66. The second kappa shape index (κ2) is 3.93. The van der Waals surface area contributed by atoms with Crippen LogP contribution in [0.2, 0.25) is 0 Å². The van der Waals surface area contributed by atoms with Crippen LogP contribution in [0.1, 0.15) is 58.3 Å². The van der Waals surface area contributed by atoms with Crippen LogP contribution in [0.15, 0.2) is 0 Å². The maximum atomic E-state index is 9.34. The first-order valence-electron chi connectivity index (χ1n) is 6.15. The lowest BCUT2D eigenvalue weighted by molar-refractivity contribution is 0.291. The molecule has 2 aliphatic rings. The average molecular weight is 191 g/mol. The monoisotopic (exact) mass is 191 g/mol. The standard InChI is InChI=1S/C13H21N/c1-11-6-7-13(8-11,10-14)9-12-4-2-3-5-12/h11-12H,2-9H2,1H3. The van der Waals surface area contributed by atoms with Gasteiger partial charge in [-0.1, -0.05) is 32.6 Å². The highest BCUT2D eigenvalue weighted by atomic mass is 14.5. The van der Waals surface area contributed by atoms with Gasteiger partial charge in [-0.2, -0.15) is 5.26 Å². The summed E-state index contributed by atoms with van der Waals surface area (Å²) in [6, 6.07) is 2.63. The first kappa shape index (κ1) is 10.0. The molecule has 2 saturated carbocycles. The van der Waals surface area contributed by atoms with E-state index in [1.165, 1.54) is 51.4 Å². The molecule has 1 nitrogen and oxygen atoms in total. The van der Waals surface area contributed by atoms with Crippen LogP contribution in [0.3, 0.4) is 0 Å². The fourth-order valence-corrected chi connectivity index (χ4v) is 3.49. The van der Waals surface area contributed by atoms with E-state index in [4.69, 9.17) is 0 Å². The zero-order valence-corrected chi connectivity index (χ0v) is 9.26. The van der Waals surface area contributed by atoms with Gasteiger partial charge >= 0.3 is 0 Å². The summed E-state index contributed by atoms with van der Waals surface area (Å²) in [5, 5.41) is 9.34. The van der Waals surface area contributed by atoms with E-state index in [0.717, 1.165) is 11.8 Å². The van der Waals surface area contributed by atoms with Crippen molar-refractivity contribution in [3.05, 3.63) is 0 Å². The Bertz CT molecular complexity index is 234. The Balaban J connectivity index is 1.96. The first-order valence-corrected chi connectivity index (χ1v) is 6.15. The van der Waals surface area contributed by atoms with Crippen molar-refractivity contribution >= 4 is 0 Å². The Morgan fingerprint density at radius 2 is 2.00 bits per heavy atom. The van der Waals surface area contributed by atoms with Crippen molar-refractivity contribution in [3.8, 4) is 6.07 Å². The van der Waals surface area contributed by atoms with Crippen molar-refractivity contribution in [2.45, 2.75) is 58.3 Å². The van der Waals surface area contributed by atoms with E-state index in [2.05, 4.69) is 13.0 Å². The van der Waals surface area contributed by atoms with E-state index < -0.39 is 0 Å². The Morgan fingerprint density at radius 1 is 1.29 bits per heavy atom. The fourth-order valence-electron chi connectivity index (χ4n) is 3.49. The van der Waals surface area contributed by atoms with Crippen LogP contribution in [0.5, 0.6) is 0 Å². The SMILES string of the molecule is CC1CCC(C#N)(CC2CCCC2)C1. The summed E-state index contributed by atoms with van der Waals surface area (Å²) in [5.41, 5.74) is 0.0778. The highest BCUT2D eigenvalue weighted by Gasteiger charge is 2.39. The summed E-state index contributed by atoms with van der Waals surface area (Å²) in [4.78, 5) is 0. The molecule has 0 heterocycles. The van der Waals surface area contributed by atoms with Crippen molar-refractivity contribution in [2.24, 2.45) is 17.3 Å². The maximum Gasteiger partial charge on any atom is 0.0689 e. The van der Waals surface area contributed by atoms with Crippen molar-refractivity contribution in [1.82, 2.24) is 0 Å². The Hall–Kier alpha value is -0.510. The second-order valence-corrected chi connectivity index (χ2v) is 5.59. The summed E-state index contributed by atoms with van der Waals surface area (Å²) in [7, 11) is 0. The number of nitriles is 1. The van der Waals surface area contributed by atoms with Gasteiger partial charge in [0.25, 0.3) is 0 Å². The highest BCUT2D eigenvalue weighted by molar-refractivity contribution is 5.04. The molecule has 2 aliphatic carbocycles. The maximum absolute atomic E-state index is 9.34. The van der Waals surface area contributed by atoms with Crippen LogP contribution in [0, 0.1) is 28.6 Å². The molecule has 0 N–H and O–H groups in total. The molecule has 2 unspecified atom stereocenters. The molecule has 0 bridgehead atoms. The van der Waals surface area contributed by atoms with E-state index >= 15 is 0 Å². The molecule has 0 aromatic rings. The zero-order chi connectivity index (χ0) is 10.0. The lowest BCUT2D eigenvalue weighted by atomic mass is 9.78. The second-order valence-electron chi connectivity index (χ2n) is 5.59. The molecule has 0 spiro atoms. The zero-order valence-electron chi connectivity index (χ0n) is 9.26. The van der Waals surface area contributed by atoms with Gasteiger partial charge in [0, 0.05) is 0 Å². The van der Waals surface area contributed by atoms with E-state index in [-0.39, 0.29) is 5.41 Å². The minimum absolute atomic E-state index is 0.0778. The number of rotatable bonds is 2. The average Bonchev–Trinajstić information content (AvgIpc) is 2.77. The number of hydrogen-bond donors (Lipinski definition) is 0. The lowest BCUT2D eigenvalue weighted by Crippen LogP contribution is -2.18. The van der Waals surface area contributed by atoms with Gasteiger partial charge in [0.15, 0.2) is 0 Å². The summed E-state index contributed by atoms with van der Waals surface area (Å²) >= 11 is 0. The highest BCUT2D eigenvalue weighted by Crippen LogP contribution is 2.47. The van der Waals surface area contributed by atoms with Crippen LogP contribution >= 0.6 is 0 Å². The molecule has 2 fully saturated rings. The van der Waals surface area contributed by atoms with Gasteiger partial charge in [0.05, 0.1) is 11.5 Å². The Morgan fingerprint density at radius 3 is 2.50 bits per heavy atom. The van der Waals surface area contributed by atoms with Crippen molar-refractivity contribution < 1.29 is 0 Å². The van der Waals surface area contributed by atoms with Crippen LogP contribution < -0.4 is 0 Å². The summed E-state index contributed by atoms with van der Waals surface area (Å²) in [6.45, 7) is 2.30. The predicted octanol–water partition coefficient (Wildman–Crippen LogP) is 3.90. The van der Waals surface area contributed by atoms with Gasteiger partial charge in [0.1, 0.15) is 0 Å². The smallest absolute Gasteiger partial charge is 0.0689 e. The van der Waals surface area contributed by atoms with Crippen molar-refractivity contribution in [2.75, 3.05) is 0 Å². The molecule has 0 radical (unpaired) electrons. The topological polar surface area (TPSA) is 23.8 Å². The van der Waals surface area contributed by atoms with Crippen LogP contribution in [0.4, 0.5) is 0 Å². The van der Waals surface area contributed by atoms with Crippen LogP contribution in [0.25, 0.3) is 0 Å². The van der Waals surface area contributed by atoms with E-state index in [0.29, 0.717) is 0 Å². The van der Waals surface area contributed by atoms with E-state index in [1.807, 2.05) is 0 Å². The van der Waals surface area contributed by atoms with Gasteiger partial charge in [-0.3, -0.25) is 0 Å². The van der Waals surface area contributed by atoms with Gasteiger partial charge in [-0.25, -0.2) is 0 Å². The molecule has 2 rings (SSSR count). The molecular weight excluding hydrogens is 170 g/mol. The third kappa shape index (κ3) is 1.95. The van der Waals surface area contributed by atoms with Gasteiger partial charge < -0.3 is 0 Å². The fraction of sp³-hybridized carbons (Fsp3) is 0.923. The summed E-state index contributed by atoms with van der Waals surface area (Å²) < 4.78 is 0. The summed E-state index contributed by atoms with van der Waals surface area (Å²) in [6.07, 6.45) is 10.4. The molecule has 0 saturated heterocycles. The lowest BCUT2D eigenvalue weighted by Gasteiger charge is -2.24. The molecule has 0 amide bonds. The molecule has 0 aromatic heterocycles. The Labute approximate surface area is 87.5 Å². The molecule has 0 aliphatic heterocycles. The largest absolute Gasteiger partial charge is 0.198 e. The quantitative estimate of drug-likeness (QED) is 0.649. The molecular formula is C13H21N. The van der Waals surface area contributed by atoms with Gasteiger partial charge in [0.2, 0.25) is 0 Å². The normalized spacial score (nSPS) is 38.7. The van der Waals surface area contributed by atoms with Crippen LogP contribution in [-0.2, 0) is 0 Å². The molecule has 78 valence electrons. The van der Waals surface area contributed by atoms with E-state index in [1.54, 1.807) is 0 Å². The predicted molar refractivity (Wildman–Crippen MR) is 57.6 cm³/mol. The number of nitrogens with zero attached hydrogens (tertiary/aromatic N) is 1. The van der Waals surface area contributed by atoms with Crippen molar-refractivity contribution in [3.63, 3.8) is 0 Å². The van der Waals surface area contributed by atoms with Gasteiger partial charge in [-0.05, 0) is 37.5 Å². The molecule has 0 aromatic carbocycles. The third-order valence-corrected chi connectivity index (χ3v) is 4.25. The Kier molecular flexibility index (Phi) is 2.81.